The van der Waals surface area contributed by atoms with Crippen LogP contribution < -0.4 is 0 Å². The number of unbranched alkanes of at least 4 members (excludes halogenated alkanes) is 1. The molecule has 0 aliphatic rings. The van der Waals surface area contributed by atoms with Gasteiger partial charge in [-0.3, -0.25) is 4.79 Å². The Labute approximate surface area is 106 Å². The zero-order chi connectivity index (χ0) is 8.20. The van der Waals surface area contributed by atoms with Crippen molar-refractivity contribution in [2.45, 2.75) is 40.0 Å². The summed E-state index contributed by atoms with van der Waals surface area (Å²) in [6, 6.07) is 0. The Kier molecular flexibility index (Phi) is 13.5. The Hall–Kier alpha value is 1.02. The molecule has 70 valence electrons. The Morgan fingerprint density at radius 3 is 2.00 bits per heavy atom. The largest absolute Gasteiger partial charge is 0.343 e. The van der Waals surface area contributed by atoms with Crippen LogP contribution in [-0.2, 0) is 24.3 Å². The van der Waals surface area contributed by atoms with Gasteiger partial charge in [0.25, 0.3) is 0 Å². The first-order valence-corrected chi connectivity index (χ1v) is 3.81. The van der Waals surface area contributed by atoms with Crippen LogP contribution in [-0.4, -0.2) is 5.78 Å². The van der Waals surface area contributed by atoms with Gasteiger partial charge in [0, 0.05) is 31.3 Å². The summed E-state index contributed by atoms with van der Waals surface area (Å²) < 4.78 is 0. The van der Waals surface area contributed by atoms with Crippen LogP contribution in [0.3, 0.4) is 0 Å². The van der Waals surface area contributed by atoms with E-state index in [2.05, 4.69) is 6.92 Å². The fourth-order valence-electron chi connectivity index (χ4n) is 0.661. The first-order valence-electron chi connectivity index (χ1n) is 3.81. The molecule has 0 bridgehead atoms. The molecule has 1 nitrogen and oxygen atoms in total. The molecule has 0 aliphatic heterocycles. The van der Waals surface area contributed by atoms with Crippen molar-refractivity contribution < 1.29 is 24.3 Å². The second-order valence-electron chi connectivity index (χ2n) is 3.63. The van der Waals surface area contributed by atoms with Gasteiger partial charge < -0.3 is 6.92 Å². The van der Waals surface area contributed by atoms with Gasteiger partial charge in [0.2, 0.25) is 0 Å². The summed E-state index contributed by atoms with van der Waals surface area (Å²) in [5.41, 5.74) is -0.158. The van der Waals surface area contributed by atoms with Crippen molar-refractivity contribution in [1.29, 1.82) is 0 Å². The zero-order valence-corrected chi connectivity index (χ0v) is 13.6. The summed E-state index contributed by atoms with van der Waals surface area (Å²) in [4.78, 5) is 11.2. The van der Waals surface area contributed by atoms with E-state index in [0.717, 1.165) is 12.8 Å². The van der Waals surface area contributed by atoms with E-state index < -0.39 is 0 Å². The maximum absolute atomic E-state index is 11.2. The molecule has 0 aromatic heterocycles. The third-order valence-corrected chi connectivity index (χ3v) is 1.49. The van der Waals surface area contributed by atoms with Crippen LogP contribution >= 0.6 is 24.0 Å². The minimum Gasteiger partial charge on any atom is -0.343 e. The fraction of sp³-hybridized carbons (Fsp3) is 0.778. The number of carbonyl (C=O) groups is 1. The van der Waals surface area contributed by atoms with E-state index in [1.807, 2.05) is 20.8 Å². The van der Waals surface area contributed by atoms with E-state index in [9.17, 15) is 4.79 Å². The summed E-state index contributed by atoms with van der Waals surface area (Å²) in [6.07, 6.45) is 2.48. The molecular formula is C9H18IOZn-. The Balaban J connectivity index is -0.000000405. The van der Waals surface area contributed by atoms with Crippen LogP contribution in [0.5, 0.6) is 0 Å². The predicted octanol–water partition coefficient (Wildman–Crippen LogP) is 3.22. The summed E-state index contributed by atoms with van der Waals surface area (Å²) >= 11 is 0. The van der Waals surface area contributed by atoms with Crippen molar-refractivity contribution in [3.05, 3.63) is 6.92 Å². The maximum Gasteiger partial charge on any atom is 0.138 e. The van der Waals surface area contributed by atoms with Crippen LogP contribution in [0.1, 0.15) is 40.0 Å². The molecule has 0 spiro atoms. The number of ketones is 1. The maximum atomic E-state index is 11.2. The number of rotatable bonds is 3. The van der Waals surface area contributed by atoms with Gasteiger partial charge in [-0.05, 0) is 0 Å². The summed E-state index contributed by atoms with van der Waals surface area (Å²) in [5.74, 6) is 0.344. The van der Waals surface area contributed by atoms with Crippen LogP contribution in [0.4, 0.5) is 0 Å². The SMILES string of the molecule is I.[CH2-]CCCC(=O)C(C)(C)C.[Zn]. The van der Waals surface area contributed by atoms with E-state index >= 15 is 0 Å². The minimum atomic E-state index is -0.158. The van der Waals surface area contributed by atoms with Gasteiger partial charge in [-0.2, -0.15) is 6.42 Å². The molecule has 0 aliphatic carbocycles. The molecule has 0 saturated carbocycles. The molecule has 3 heteroatoms. The average molecular weight is 335 g/mol. The predicted molar refractivity (Wildman–Crippen MR) is 59.1 cm³/mol. The molecule has 0 unspecified atom stereocenters. The number of carbonyl (C=O) groups excluding carboxylic acids is 1. The number of Topliss-reactive ketones (excluding diaryl/α,β-unsaturated/α-hetero) is 1. The van der Waals surface area contributed by atoms with Crippen LogP contribution in [0, 0.1) is 12.3 Å². The number of hydrogen-bond donors (Lipinski definition) is 0. The van der Waals surface area contributed by atoms with Gasteiger partial charge in [-0.15, -0.1) is 24.0 Å². The van der Waals surface area contributed by atoms with E-state index in [-0.39, 0.29) is 48.9 Å². The van der Waals surface area contributed by atoms with E-state index in [1.54, 1.807) is 0 Å². The van der Waals surface area contributed by atoms with Gasteiger partial charge in [0.05, 0.1) is 0 Å². The Morgan fingerprint density at radius 1 is 1.33 bits per heavy atom. The van der Waals surface area contributed by atoms with Gasteiger partial charge in [0.15, 0.2) is 0 Å². The van der Waals surface area contributed by atoms with Crippen LogP contribution in [0.2, 0.25) is 0 Å². The van der Waals surface area contributed by atoms with Crippen LogP contribution in [0.25, 0.3) is 0 Å². The smallest absolute Gasteiger partial charge is 0.138 e. The quantitative estimate of drug-likeness (QED) is 0.440. The van der Waals surface area contributed by atoms with Crippen molar-refractivity contribution in [3.63, 3.8) is 0 Å². The summed E-state index contributed by atoms with van der Waals surface area (Å²) in [5, 5.41) is 0. The molecule has 0 heterocycles. The molecular weight excluding hydrogens is 316 g/mol. The first kappa shape index (κ1) is 18.7. The molecule has 0 saturated heterocycles. The molecule has 0 rings (SSSR count). The number of hydrogen-bond acceptors (Lipinski definition) is 1. The third kappa shape index (κ3) is 9.11. The number of halogens is 1. The fourth-order valence-corrected chi connectivity index (χ4v) is 0.661. The van der Waals surface area contributed by atoms with Crippen molar-refractivity contribution >= 4 is 29.8 Å². The molecule has 0 radical (unpaired) electrons. The standard InChI is InChI=1S/C9H17O.HI.Zn/c1-5-6-7-8(10)9(2,3)4;;/h1,5-7H2,2-4H3;1H;/q-1;;. The van der Waals surface area contributed by atoms with Gasteiger partial charge >= 0.3 is 0 Å². The van der Waals surface area contributed by atoms with Crippen LogP contribution in [0.15, 0.2) is 0 Å². The van der Waals surface area contributed by atoms with Crippen molar-refractivity contribution in [2.75, 3.05) is 0 Å². The van der Waals surface area contributed by atoms with Gasteiger partial charge in [-0.25, -0.2) is 0 Å². The zero-order valence-electron chi connectivity index (χ0n) is 8.35. The Bertz CT molecular complexity index is 118. The molecule has 0 fully saturated rings. The normalized spacial score (nSPS) is 9.67. The van der Waals surface area contributed by atoms with Crippen molar-refractivity contribution in [3.8, 4) is 0 Å². The summed E-state index contributed by atoms with van der Waals surface area (Å²) in [7, 11) is 0. The molecule has 0 N–H and O–H groups in total. The summed E-state index contributed by atoms with van der Waals surface area (Å²) in [6.45, 7) is 9.56. The van der Waals surface area contributed by atoms with E-state index in [0.29, 0.717) is 12.2 Å². The van der Waals surface area contributed by atoms with Gasteiger partial charge in [0.1, 0.15) is 5.78 Å². The molecule has 0 aromatic carbocycles. The third-order valence-electron chi connectivity index (χ3n) is 1.49. The second-order valence-corrected chi connectivity index (χ2v) is 3.63. The van der Waals surface area contributed by atoms with Crippen molar-refractivity contribution in [1.82, 2.24) is 0 Å². The second kappa shape index (κ2) is 8.61. The van der Waals surface area contributed by atoms with Gasteiger partial charge in [-0.1, -0.05) is 27.2 Å². The minimum absolute atomic E-state index is 0. The molecule has 0 amide bonds. The first-order chi connectivity index (χ1) is 4.48. The average Bonchev–Trinajstić information content (AvgIpc) is 1.80. The molecule has 12 heavy (non-hydrogen) atoms. The molecule has 0 aromatic rings. The van der Waals surface area contributed by atoms with E-state index in [4.69, 9.17) is 0 Å². The Morgan fingerprint density at radius 2 is 1.75 bits per heavy atom. The van der Waals surface area contributed by atoms with E-state index in [1.165, 1.54) is 0 Å². The molecule has 0 atom stereocenters. The van der Waals surface area contributed by atoms with Crippen molar-refractivity contribution in [2.24, 2.45) is 5.41 Å². The monoisotopic (exact) mass is 333 g/mol. The topological polar surface area (TPSA) is 17.1 Å².